The Kier molecular flexibility index (Phi) is 3.16. The van der Waals surface area contributed by atoms with Crippen LogP contribution in [-0.2, 0) is 14.3 Å². The monoisotopic (exact) mass is 284 g/mol. The first kappa shape index (κ1) is 14.3. The second-order valence-electron chi connectivity index (χ2n) is 7.04. The number of rotatable bonds is 0. The lowest BCUT2D eigenvalue weighted by atomic mass is 9.58. The Hall–Kier alpha value is -0.650. The molecule has 0 aromatic rings. The minimum absolute atomic E-state index is 0.00391. The van der Waals surface area contributed by atoms with Crippen LogP contribution in [-0.4, -0.2) is 33.9 Å². The number of hydrogen-bond acceptors (Lipinski definition) is 5. The zero-order valence-corrected chi connectivity index (χ0v) is 12.3. The molecule has 0 radical (unpaired) electrons. The fourth-order valence-electron chi connectivity index (χ4n) is 4.42. The van der Waals surface area contributed by atoms with Gasteiger partial charge in [-0.3, -0.25) is 4.79 Å². The highest BCUT2D eigenvalue weighted by Gasteiger charge is 2.63. The van der Waals surface area contributed by atoms with Gasteiger partial charge < -0.3 is 19.7 Å². The maximum Gasteiger partial charge on any atom is 0.311 e. The Morgan fingerprint density at radius 1 is 1.15 bits per heavy atom. The second-order valence-corrected chi connectivity index (χ2v) is 7.04. The zero-order chi connectivity index (χ0) is 14.7. The van der Waals surface area contributed by atoms with Crippen molar-refractivity contribution in [3.05, 3.63) is 0 Å². The molecule has 3 fully saturated rings. The van der Waals surface area contributed by atoms with Crippen molar-refractivity contribution in [3.8, 4) is 0 Å². The van der Waals surface area contributed by atoms with Crippen LogP contribution in [0.2, 0.25) is 0 Å². The van der Waals surface area contributed by atoms with Crippen LogP contribution in [0.5, 0.6) is 0 Å². The van der Waals surface area contributed by atoms with Gasteiger partial charge in [-0.15, -0.1) is 0 Å². The van der Waals surface area contributed by atoms with Crippen LogP contribution in [0.25, 0.3) is 0 Å². The van der Waals surface area contributed by atoms with Gasteiger partial charge in [-0.1, -0.05) is 13.8 Å². The van der Waals surface area contributed by atoms with Crippen molar-refractivity contribution >= 4 is 5.97 Å². The predicted molar refractivity (Wildman–Crippen MR) is 70.3 cm³/mol. The molecule has 1 saturated carbocycles. The number of aliphatic hydroxyl groups is 2. The van der Waals surface area contributed by atoms with Crippen molar-refractivity contribution in [1.82, 2.24) is 0 Å². The van der Waals surface area contributed by atoms with Crippen molar-refractivity contribution in [2.24, 2.45) is 23.7 Å². The summed E-state index contributed by atoms with van der Waals surface area (Å²) in [5.74, 6) is -1.84. The van der Waals surface area contributed by atoms with E-state index >= 15 is 0 Å². The molecule has 5 nitrogen and oxygen atoms in total. The van der Waals surface area contributed by atoms with Gasteiger partial charge in [0.05, 0.1) is 5.92 Å². The molecule has 2 aliphatic heterocycles. The van der Waals surface area contributed by atoms with E-state index in [1.807, 2.05) is 6.92 Å². The second kappa shape index (κ2) is 4.42. The minimum Gasteiger partial charge on any atom is -0.432 e. The summed E-state index contributed by atoms with van der Waals surface area (Å²) in [5.41, 5.74) is -1.18. The summed E-state index contributed by atoms with van der Waals surface area (Å²) in [6.45, 7) is 5.51. The molecule has 7 atom stereocenters. The summed E-state index contributed by atoms with van der Waals surface area (Å²) >= 11 is 0. The highest BCUT2D eigenvalue weighted by Crippen LogP contribution is 2.54. The predicted octanol–water partition coefficient (Wildman–Crippen LogP) is 1.42. The van der Waals surface area contributed by atoms with Crippen LogP contribution in [0, 0.1) is 23.7 Å². The lowest BCUT2D eigenvalue weighted by Crippen LogP contribution is -2.65. The van der Waals surface area contributed by atoms with Gasteiger partial charge in [0.1, 0.15) is 5.60 Å². The lowest BCUT2D eigenvalue weighted by molar-refractivity contribution is -0.346. The highest BCUT2D eigenvalue weighted by atomic mass is 16.8. The number of carbonyl (C=O) groups is 1. The number of carbonyl (C=O) groups excluding carboxylic acids is 1. The first-order valence-electron chi connectivity index (χ1n) is 7.59. The average Bonchev–Trinajstić information content (AvgIpc) is 2.44. The molecule has 1 aliphatic carbocycles. The first-order chi connectivity index (χ1) is 9.25. The molecular weight excluding hydrogens is 260 g/mol. The van der Waals surface area contributed by atoms with Crippen molar-refractivity contribution in [1.29, 1.82) is 0 Å². The molecule has 2 heterocycles. The summed E-state index contributed by atoms with van der Waals surface area (Å²) in [4.78, 5) is 12.0. The molecule has 3 aliphatic rings. The molecule has 20 heavy (non-hydrogen) atoms. The maximum absolute atomic E-state index is 12.0. The summed E-state index contributed by atoms with van der Waals surface area (Å²) in [5, 5.41) is 21.6. The minimum atomic E-state index is -1.36. The highest BCUT2D eigenvalue weighted by molar-refractivity contribution is 5.74. The topological polar surface area (TPSA) is 76.0 Å². The fourth-order valence-corrected chi connectivity index (χ4v) is 4.42. The third-order valence-electron chi connectivity index (χ3n) is 5.66. The van der Waals surface area contributed by atoms with Gasteiger partial charge in [-0.05, 0) is 38.0 Å². The molecule has 0 bridgehead atoms. The number of ether oxygens (including phenoxy) is 2. The molecule has 7 unspecified atom stereocenters. The van der Waals surface area contributed by atoms with Gasteiger partial charge in [0.25, 0.3) is 0 Å². The standard InChI is InChI=1S/C15H24O5/c1-8-4-5-11-9(2)12(16)19-13-15(11,18)10(8)6-7-14(3,17)20-13/h8-11,13,17-18H,4-7H2,1-3H3. The Morgan fingerprint density at radius 2 is 1.85 bits per heavy atom. The fraction of sp³-hybridized carbons (Fsp3) is 0.933. The van der Waals surface area contributed by atoms with Gasteiger partial charge in [-0.25, -0.2) is 0 Å². The van der Waals surface area contributed by atoms with Gasteiger partial charge in [0.15, 0.2) is 5.79 Å². The van der Waals surface area contributed by atoms with E-state index in [9.17, 15) is 15.0 Å². The molecule has 0 amide bonds. The van der Waals surface area contributed by atoms with Gasteiger partial charge >= 0.3 is 5.97 Å². The van der Waals surface area contributed by atoms with Crippen LogP contribution in [0.15, 0.2) is 0 Å². The van der Waals surface area contributed by atoms with Crippen LogP contribution in [0.4, 0.5) is 0 Å². The Balaban J connectivity index is 2.05. The molecule has 5 heteroatoms. The van der Waals surface area contributed by atoms with E-state index in [0.717, 1.165) is 12.8 Å². The smallest absolute Gasteiger partial charge is 0.311 e. The molecule has 3 rings (SSSR count). The third kappa shape index (κ3) is 1.90. The molecule has 0 spiro atoms. The van der Waals surface area contributed by atoms with E-state index in [0.29, 0.717) is 18.8 Å². The Morgan fingerprint density at radius 3 is 2.55 bits per heavy atom. The molecule has 114 valence electrons. The van der Waals surface area contributed by atoms with Crippen molar-refractivity contribution in [2.45, 2.75) is 64.1 Å². The zero-order valence-electron chi connectivity index (χ0n) is 12.3. The van der Waals surface area contributed by atoms with E-state index in [4.69, 9.17) is 9.47 Å². The largest absolute Gasteiger partial charge is 0.432 e. The van der Waals surface area contributed by atoms with Crippen LogP contribution < -0.4 is 0 Å². The van der Waals surface area contributed by atoms with E-state index in [2.05, 4.69) is 6.92 Å². The lowest BCUT2D eigenvalue weighted by Gasteiger charge is -2.54. The van der Waals surface area contributed by atoms with Crippen molar-refractivity contribution < 1.29 is 24.5 Å². The van der Waals surface area contributed by atoms with E-state index in [1.165, 1.54) is 0 Å². The van der Waals surface area contributed by atoms with E-state index in [1.54, 1.807) is 6.92 Å². The number of hydrogen-bond donors (Lipinski definition) is 2. The molecular formula is C15H24O5. The molecule has 0 aromatic carbocycles. The maximum atomic E-state index is 12.0. The molecule has 2 saturated heterocycles. The first-order valence-corrected chi connectivity index (χ1v) is 7.59. The molecule has 2 N–H and O–H groups in total. The normalized spacial score (nSPS) is 55.6. The average molecular weight is 284 g/mol. The van der Waals surface area contributed by atoms with Gasteiger partial charge in [0.2, 0.25) is 6.29 Å². The van der Waals surface area contributed by atoms with Gasteiger partial charge in [0, 0.05) is 12.3 Å². The van der Waals surface area contributed by atoms with Crippen molar-refractivity contribution in [2.75, 3.05) is 0 Å². The Bertz CT molecular complexity index is 420. The quantitative estimate of drug-likeness (QED) is 0.658. The van der Waals surface area contributed by atoms with Crippen LogP contribution in [0.3, 0.4) is 0 Å². The number of esters is 1. The van der Waals surface area contributed by atoms with Gasteiger partial charge in [-0.2, -0.15) is 0 Å². The van der Waals surface area contributed by atoms with Crippen LogP contribution in [0.1, 0.15) is 46.5 Å². The summed E-state index contributed by atoms with van der Waals surface area (Å²) in [7, 11) is 0. The van der Waals surface area contributed by atoms with Crippen LogP contribution >= 0.6 is 0 Å². The van der Waals surface area contributed by atoms with E-state index in [-0.39, 0.29) is 23.7 Å². The molecule has 0 aromatic heterocycles. The van der Waals surface area contributed by atoms with Crippen molar-refractivity contribution in [3.63, 3.8) is 0 Å². The SMILES string of the molecule is CC1CCC2C(C)C(=O)OC3OC(C)(O)CCC1C32O. The summed E-state index contributed by atoms with van der Waals surface area (Å²) < 4.78 is 10.9. The summed E-state index contributed by atoms with van der Waals surface area (Å²) in [6.07, 6.45) is 1.86. The third-order valence-corrected chi connectivity index (χ3v) is 5.66. The van der Waals surface area contributed by atoms with E-state index < -0.39 is 17.7 Å². The Labute approximate surface area is 119 Å². The summed E-state index contributed by atoms with van der Waals surface area (Å²) in [6, 6.07) is 0.